The average molecular weight is 358 g/mol. The predicted octanol–water partition coefficient (Wildman–Crippen LogP) is 2.95. The number of aromatic nitrogens is 1. The van der Waals surface area contributed by atoms with Crippen molar-refractivity contribution in [2.45, 2.75) is 18.7 Å². The number of anilines is 1. The highest BCUT2D eigenvalue weighted by atomic mass is 32.2. The van der Waals surface area contributed by atoms with Crippen molar-refractivity contribution in [3.63, 3.8) is 0 Å². The Kier molecular flexibility index (Phi) is 4.26. The van der Waals surface area contributed by atoms with Gasteiger partial charge in [0.1, 0.15) is 5.75 Å². The smallest absolute Gasteiger partial charge is 0.261 e. The molecule has 3 aromatic rings. The molecule has 0 aliphatic heterocycles. The third-order valence-electron chi connectivity index (χ3n) is 3.98. The number of benzene rings is 2. The first-order chi connectivity index (χ1) is 11.8. The van der Waals surface area contributed by atoms with Crippen LogP contribution in [0.2, 0.25) is 0 Å². The van der Waals surface area contributed by atoms with Gasteiger partial charge in [-0.2, -0.15) is 0 Å². The zero-order valence-corrected chi connectivity index (χ0v) is 14.9. The van der Waals surface area contributed by atoms with Crippen molar-refractivity contribution in [3.8, 4) is 5.75 Å². The minimum absolute atomic E-state index is 0.142. The maximum Gasteiger partial charge on any atom is 0.261 e. The number of methoxy groups -OCH3 is 1. The quantitative estimate of drug-likeness (QED) is 0.750. The van der Waals surface area contributed by atoms with Crippen molar-refractivity contribution in [1.82, 2.24) is 4.98 Å². The molecule has 0 aliphatic carbocycles. The van der Waals surface area contributed by atoms with E-state index in [1.807, 2.05) is 0 Å². The lowest BCUT2D eigenvalue weighted by Crippen LogP contribution is -2.14. The summed E-state index contributed by atoms with van der Waals surface area (Å²) in [5.74, 6) is 0.643. The number of nitrogens with one attached hydrogen (secondary N) is 2. The lowest BCUT2D eigenvalue weighted by molar-refractivity contribution is 0.415. The van der Waals surface area contributed by atoms with E-state index in [0.29, 0.717) is 27.9 Å². The largest absolute Gasteiger partial charge is 0.497 e. The zero-order valence-electron chi connectivity index (χ0n) is 14.1. The molecule has 3 rings (SSSR count). The number of H-pyrrole nitrogens is 1. The van der Waals surface area contributed by atoms with Gasteiger partial charge in [-0.15, -0.1) is 0 Å². The molecule has 1 heterocycles. The Morgan fingerprint density at radius 3 is 2.32 bits per heavy atom. The van der Waals surface area contributed by atoms with Crippen LogP contribution in [0.1, 0.15) is 11.1 Å². The monoisotopic (exact) mass is 358 g/mol. The van der Waals surface area contributed by atoms with Crippen molar-refractivity contribution < 1.29 is 13.2 Å². The maximum absolute atomic E-state index is 12.7. The normalized spacial score (nSPS) is 11.5. The van der Waals surface area contributed by atoms with Gasteiger partial charge in [0.15, 0.2) is 0 Å². The molecule has 1 aromatic heterocycles. The van der Waals surface area contributed by atoms with Gasteiger partial charge in [-0.1, -0.05) is 0 Å². The molecule has 0 saturated carbocycles. The molecule has 0 unspecified atom stereocenters. The Balaban J connectivity index is 2.06. The number of pyridine rings is 1. The first-order valence-electron chi connectivity index (χ1n) is 7.61. The first-order valence-corrected chi connectivity index (χ1v) is 9.09. The molecule has 130 valence electrons. The number of aryl methyl sites for hydroxylation is 2. The minimum Gasteiger partial charge on any atom is -0.497 e. The second kappa shape index (κ2) is 6.25. The van der Waals surface area contributed by atoms with E-state index in [1.165, 1.54) is 6.07 Å². The van der Waals surface area contributed by atoms with Gasteiger partial charge in [-0.05, 0) is 61.4 Å². The van der Waals surface area contributed by atoms with E-state index in [-0.39, 0.29) is 10.5 Å². The van der Waals surface area contributed by atoms with Gasteiger partial charge in [0, 0.05) is 17.1 Å². The number of rotatable bonds is 4. The number of fused-ring (bicyclic) bond motifs is 1. The van der Waals surface area contributed by atoms with Crippen LogP contribution >= 0.6 is 0 Å². The molecule has 0 fully saturated rings. The van der Waals surface area contributed by atoms with Crippen LogP contribution in [0, 0.1) is 13.8 Å². The Morgan fingerprint density at radius 1 is 1.00 bits per heavy atom. The van der Waals surface area contributed by atoms with Crippen LogP contribution in [-0.2, 0) is 10.0 Å². The highest BCUT2D eigenvalue weighted by molar-refractivity contribution is 7.92. The molecule has 0 aliphatic rings. The standard InChI is InChI=1S/C18H18N2O4S/c1-11-9-17(21)19-18-12(2)8-15(10-16(11)18)25(22,23)20-13-4-6-14(24-3)7-5-13/h4-10,20H,1-3H3,(H,19,21). The summed E-state index contributed by atoms with van der Waals surface area (Å²) in [4.78, 5) is 14.5. The average Bonchev–Trinajstić information content (AvgIpc) is 2.56. The Morgan fingerprint density at radius 2 is 1.68 bits per heavy atom. The minimum atomic E-state index is -3.76. The highest BCUT2D eigenvalue weighted by Gasteiger charge is 2.17. The van der Waals surface area contributed by atoms with Gasteiger partial charge in [-0.25, -0.2) is 8.42 Å². The summed E-state index contributed by atoms with van der Waals surface area (Å²) in [7, 11) is -2.21. The molecule has 2 aromatic carbocycles. The van der Waals surface area contributed by atoms with Gasteiger partial charge in [0.2, 0.25) is 5.56 Å². The Hall–Kier alpha value is -2.80. The van der Waals surface area contributed by atoms with Crippen molar-refractivity contribution in [2.24, 2.45) is 0 Å². The molecule has 0 amide bonds. The van der Waals surface area contributed by atoms with Crippen LogP contribution < -0.4 is 15.0 Å². The number of sulfonamides is 1. The Labute approximate surface area is 145 Å². The molecule has 0 radical (unpaired) electrons. The highest BCUT2D eigenvalue weighted by Crippen LogP contribution is 2.25. The SMILES string of the molecule is COc1ccc(NS(=O)(=O)c2cc(C)c3[nH]c(=O)cc(C)c3c2)cc1. The fourth-order valence-corrected chi connectivity index (χ4v) is 3.86. The fourth-order valence-electron chi connectivity index (χ4n) is 2.69. The predicted molar refractivity (Wildman–Crippen MR) is 97.8 cm³/mol. The number of hydrogen-bond acceptors (Lipinski definition) is 4. The summed E-state index contributed by atoms with van der Waals surface area (Å²) in [6, 6.07) is 11.2. The van der Waals surface area contributed by atoms with E-state index in [2.05, 4.69) is 9.71 Å². The summed E-state index contributed by atoms with van der Waals surface area (Å²) >= 11 is 0. The van der Waals surface area contributed by atoms with Gasteiger partial charge in [0.25, 0.3) is 10.0 Å². The molecule has 2 N–H and O–H groups in total. The van der Waals surface area contributed by atoms with Crippen LogP contribution in [0.25, 0.3) is 10.9 Å². The zero-order chi connectivity index (χ0) is 18.2. The summed E-state index contributed by atoms with van der Waals surface area (Å²) in [5.41, 5.74) is 2.29. The molecular weight excluding hydrogens is 340 g/mol. The number of hydrogen-bond donors (Lipinski definition) is 2. The molecule has 0 spiro atoms. The second-order valence-electron chi connectivity index (χ2n) is 5.81. The van der Waals surface area contributed by atoms with E-state index in [9.17, 15) is 13.2 Å². The van der Waals surface area contributed by atoms with E-state index < -0.39 is 10.0 Å². The van der Waals surface area contributed by atoms with E-state index >= 15 is 0 Å². The van der Waals surface area contributed by atoms with Gasteiger partial charge >= 0.3 is 0 Å². The van der Waals surface area contributed by atoms with Crippen LogP contribution in [0.5, 0.6) is 5.75 Å². The van der Waals surface area contributed by atoms with Crippen molar-refractivity contribution >= 4 is 26.6 Å². The van der Waals surface area contributed by atoms with Crippen molar-refractivity contribution in [3.05, 3.63) is 63.9 Å². The van der Waals surface area contributed by atoms with Crippen molar-refractivity contribution in [2.75, 3.05) is 11.8 Å². The first kappa shape index (κ1) is 17.0. The summed E-state index contributed by atoms with van der Waals surface area (Å²) in [6.45, 7) is 3.55. The third-order valence-corrected chi connectivity index (χ3v) is 5.34. The molecular formula is C18H18N2O4S. The summed E-state index contributed by atoms with van der Waals surface area (Å²) in [5, 5.41) is 0.703. The molecule has 0 atom stereocenters. The lowest BCUT2D eigenvalue weighted by Gasteiger charge is -2.12. The lowest BCUT2D eigenvalue weighted by atomic mass is 10.1. The molecule has 0 saturated heterocycles. The van der Waals surface area contributed by atoms with Crippen LogP contribution in [0.4, 0.5) is 5.69 Å². The van der Waals surface area contributed by atoms with Crippen LogP contribution in [0.15, 0.2) is 52.2 Å². The number of aromatic amines is 1. The fraction of sp³-hybridized carbons (Fsp3) is 0.167. The van der Waals surface area contributed by atoms with E-state index in [0.717, 1.165) is 5.56 Å². The molecule has 7 heteroatoms. The van der Waals surface area contributed by atoms with E-state index in [4.69, 9.17) is 4.74 Å². The molecule has 6 nitrogen and oxygen atoms in total. The molecule has 25 heavy (non-hydrogen) atoms. The number of ether oxygens (including phenoxy) is 1. The maximum atomic E-state index is 12.7. The van der Waals surface area contributed by atoms with Gasteiger partial charge in [-0.3, -0.25) is 9.52 Å². The molecule has 0 bridgehead atoms. The van der Waals surface area contributed by atoms with Crippen LogP contribution in [0.3, 0.4) is 0 Å². The van der Waals surface area contributed by atoms with Crippen LogP contribution in [-0.4, -0.2) is 20.5 Å². The Bertz CT molecular complexity index is 1100. The second-order valence-corrected chi connectivity index (χ2v) is 7.50. The van der Waals surface area contributed by atoms with Gasteiger partial charge < -0.3 is 9.72 Å². The van der Waals surface area contributed by atoms with E-state index in [1.54, 1.807) is 57.4 Å². The summed E-state index contributed by atoms with van der Waals surface area (Å²) < 4.78 is 33.0. The topological polar surface area (TPSA) is 88.3 Å². The third kappa shape index (κ3) is 3.36. The summed E-state index contributed by atoms with van der Waals surface area (Å²) in [6.07, 6.45) is 0. The van der Waals surface area contributed by atoms with Gasteiger partial charge in [0.05, 0.1) is 17.5 Å². The van der Waals surface area contributed by atoms with Crippen molar-refractivity contribution in [1.29, 1.82) is 0 Å².